The van der Waals surface area contributed by atoms with E-state index in [4.69, 9.17) is 10.5 Å². The van der Waals surface area contributed by atoms with Crippen LogP contribution < -0.4 is 10.5 Å². The molecular weight excluding hydrogens is 336 g/mol. The van der Waals surface area contributed by atoms with E-state index in [2.05, 4.69) is 11.0 Å². The van der Waals surface area contributed by atoms with Crippen molar-refractivity contribution in [2.24, 2.45) is 0 Å². The molecule has 4 nitrogen and oxygen atoms in total. The highest BCUT2D eigenvalue weighted by Crippen LogP contribution is 2.40. The van der Waals surface area contributed by atoms with Gasteiger partial charge >= 0.3 is 0 Å². The Balaban J connectivity index is 1.59. The number of Topliss-reactive ketones (excluding diaryl/α,β-unsaturated/α-hetero) is 1. The first-order valence-corrected chi connectivity index (χ1v) is 9.94. The number of nitrogens with two attached hydrogens (primary N) is 1. The molecule has 27 heavy (non-hydrogen) atoms. The van der Waals surface area contributed by atoms with Crippen LogP contribution in [0.2, 0.25) is 0 Å². The van der Waals surface area contributed by atoms with Crippen LogP contribution in [0.1, 0.15) is 47.2 Å². The summed E-state index contributed by atoms with van der Waals surface area (Å²) in [4.78, 5) is 16.0. The van der Waals surface area contributed by atoms with Crippen LogP contribution in [0.5, 0.6) is 5.75 Å². The molecule has 1 aliphatic carbocycles. The van der Waals surface area contributed by atoms with Crippen molar-refractivity contribution in [1.82, 2.24) is 4.90 Å². The number of hydrogen-bond acceptors (Lipinski definition) is 4. The molecule has 2 N–H and O–H groups in total. The minimum atomic E-state index is -0.344. The Kier molecular flexibility index (Phi) is 4.92. The highest BCUT2D eigenvalue weighted by atomic mass is 16.5. The van der Waals surface area contributed by atoms with Gasteiger partial charge in [0.05, 0.1) is 12.6 Å². The lowest BCUT2D eigenvalue weighted by Crippen LogP contribution is -2.59. The average Bonchev–Trinajstić information content (AvgIpc) is 2.71. The largest absolute Gasteiger partial charge is 0.497 e. The molecule has 1 atom stereocenters. The summed E-state index contributed by atoms with van der Waals surface area (Å²) in [6.07, 6.45) is 5.97. The van der Waals surface area contributed by atoms with Crippen molar-refractivity contribution in [1.29, 1.82) is 0 Å². The van der Waals surface area contributed by atoms with Crippen LogP contribution in [0.15, 0.2) is 42.5 Å². The number of ether oxygens (including phenoxy) is 1. The zero-order chi connectivity index (χ0) is 18.9. The third-order valence-corrected chi connectivity index (χ3v) is 6.37. The first kappa shape index (κ1) is 18.1. The number of methoxy groups -OCH3 is 1. The highest BCUT2D eigenvalue weighted by molar-refractivity contribution is 6.05. The van der Waals surface area contributed by atoms with Crippen molar-refractivity contribution in [3.8, 4) is 5.75 Å². The van der Waals surface area contributed by atoms with E-state index in [1.165, 1.54) is 5.56 Å². The second-order valence-electron chi connectivity index (χ2n) is 7.78. The number of rotatable bonds is 4. The fourth-order valence-corrected chi connectivity index (χ4v) is 4.81. The van der Waals surface area contributed by atoms with Crippen molar-refractivity contribution >= 4 is 11.5 Å². The molecule has 142 valence electrons. The first-order chi connectivity index (χ1) is 13.1. The molecule has 4 heteroatoms. The van der Waals surface area contributed by atoms with E-state index < -0.39 is 0 Å². The number of para-hydroxylation sites is 1. The lowest BCUT2D eigenvalue weighted by atomic mass is 9.71. The molecule has 0 saturated carbocycles. The summed E-state index contributed by atoms with van der Waals surface area (Å²) in [6.45, 7) is 1.87. The van der Waals surface area contributed by atoms with Crippen LogP contribution in [-0.4, -0.2) is 36.4 Å². The Hall–Kier alpha value is -2.33. The van der Waals surface area contributed by atoms with Gasteiger partial charge in [-0.3, -0.25) is 9.69 Å². The van der Waals surface area contributed by atoms with Gasteiger partial charge in [0.25, 0.3) is 0 Å². The van der Waals surface area contributed by atoms with Gasteiger partial charge in [-0.1, -0.05) is 18.2 Å². The predicted octanol–water partition coefficient (Wildman–Crippen LogP) is 3.87. The second kappa shape index (κ2) is 7.35. The Labute approximate surface area is 161 Å². The number of carbonyl (C=O) groups is 1. The number of nitrogens with zero attached hydrogens (tertiary/aromatic N) is 1. The quantitative estimate of drug-likeness (QED) is 0.837. The summed E-state index contributed by atoms with van der Waals surface area (Å²) >= 11 is 0. The van der Waals surface area contributed by atoms with Crippen molar-refractivity contribution < 1.29 is 9.53 Å². The standard InChI is InChI=1S/C23H28N2O2/c1-27-19-8-9-20-18(16-19)10-13-23(22(20)26)12-4-5-14-25(23)15-11-17-6-2-3-7-21(17)24/h2-3,6-9,16H,4-5,10-15,24H2,1H3. The maximum Gasteiger partial charge on any atom is 0.183 e. The zero-order valence-electron chi connectivity index (χ0n) is 16.0. The highest BCUT2D eigenvalue weighted by Gasteiger charge is 2.47. The SMILES string of the molecule is COc1ccc2c(c1)CCC1(CCCCN1CCc1ccccc1N)C2=O. The van der Waals surface area contributed by atoms with E-state index in [9.17, 15) is 4.79 Å². The van der Waals surface area contributed by atoms with E-state index in [0.29, 0.717) is 5.78 Å². The molecule has 4 rings (SSSR count). The van der Waals surface area contributed by atoms with Crippen LogP contribution >= 0.6 is 0 Å². The third-order valence-electron chi connectivity index (χ3n) is 6.37. The minimum absolute atomic E-state index is 0.298. The lowest BCUT2D eigenvalue weighted by molar-refractivity contribution is 0.0298. The Morgan fingerprint density at radius 2 is 2.00 bits per heavy atom. The molecule has 1 unspecified atom stereocenters. The molecule has 0 radical (unpaired) electrons. The van der Waals surface area contributed by atoms with Gasteiger partial charge in [-0.25, -0.2) is 0 Å². The molecule has 1 spiro atoms. The minimum Gasteiger partial charge on any atom is -0.497 e. The number of carbonyl (C=O) groups excluding carboxylic acids is 1. The molecule has 0 amide bonds. The molecule has 0 bridgehead atoms. The van der Waals surface area contributed by atoms with Gasteiger partial charge in [0, 0.05) is 17.8 Å². The number of ketones is 1. The lowest BCUT2D eigenvalue weighted by Gasteiger charge is -2.48. The summed E-state index contributed by atoms with van der Waals surface area (Å²) in [5.74, 6) is 1.13. The number of anilines is 1. The van der Waals surface area contributed by atoms with Gasteiger partial charge in [0.1, 0.15) is 5.75 Å². The fourth-order valence-electron chi connectivity index (χ4n) is 4.81. The van der Waals surface area contributed by atoms with Gasteiger partial charge in [-0.2, -0.15) is 0 Å². The van der Waals surface area contributed by atoms with E-state index in [0.717, 1.165) is 74.2 Å². The van der Waals surface area contributed by atoms with E-state index in [-0.39, 0.29) is 5.54 Å². The van der Waals surface area contributed by atoms with E-state index in [1.807, 2.05) is 36.4 Å². The van der Waals surface area contributed by atoms with Crippen molar-refractivity contribution in [2.45, 2.75) is 44.1 Å². The molecule has 1 fully saturated rings. The number of likely N-dealkylation sites (tertiary alicyclic amines) is 1. The first-order valence-electron chi connectivity index (χ1n) is 9.94. The second-order valence-corrected chi connectivity index (χ2v) is 7.78. The molecule has 2 aliphatic rings. The van der Waals surface area contributed by atoms with Crippen LogP contribution in [0, 0.1) is 0 Å². The maximum absolute atomic E-state index is 13.6. The Morgan fingerprint density at radius 3 is 2.81 bits per heavy atom. The number of aryl methyl sites for hydroxylation is 1. The predicted molar refractivity (Wildman–Crippen MR) is 108 cm³/mol. The van der Waals surface area contributed by atoms with Gasteiger partial charge < -0.3 is 10.5 Å². The number of benzene rings is 2. The summed E-state index contributed by atoms with van der Waals surface area (Å²) in [6, 6.07) is 13.9. The number of nitrogen functional groups attached to an aromatic ring is 1. The molecular formula is C23H28N2O2. The Bertz CT molecular complexity index is 848. The van der Waals surface area contributed by atoms with Gasteiger partial charge in [0.2, 0.25) is 0 Å². The number of fused-ring (bicyclic) bond motifs is 1. The van der Waals surface area contributed by atoms with Gasteiger partial charge in [-0.15, -0.1) is 0 Å². The monoisotopic (exact) mass is 364 g/mol. The van der Waals surface area contributed by atoms with Crippen LogP contribution in [0.25, 0.3) is 0 Å². The topological polar surface area (TPSA) is 55.6 Å². The smallest absolute Gasteiger partial charge is 0.183 e. The van der Waals surface area contributed by atoms with E-state index >= 15 is 0 Å². The third kappa shape index (κ3) is 3.23. The van der Waals surface area contributed by atoms with Crippen molar-refractivity contribution in [3.63, 3.8) is 0 Å². The molecule has 1 aliphatic heterocycles. The summed E-state index contributed by atoms with van der Waals surface area (Å²) in [5.41, 5.74) is 9.81. The summed E-state index contributed by atoms with van der Waals surface area (Å²) in [5, 5.41) is 0. The summed E-state index contributed by atoms with van der Waals surface area (Å²) < 4.78 is 5.34. The number of piperidine rings is 1. The van der Waals surface area contributed by atoms with Crippen molar-refractivity contribution in [3.05, 3.63) is 59.2 Å². The maximum atomic E-state index is 13.6. The van der Waals surface area contributed by atoms with Gasteiger partial charge in [-0.05, 0) is 80.5 Å². The Morgan fingerprint density at radius 1 is 1.15 bits per heavy atom. The molecule has 2 aromatic carbocycles. The molecule has 2 aromatic rings. The van der Waals surface area contributed by atoms with E-state index in [1.54, 1.807) is 7.11 Å². The van der Waals surface area contributed by atoms with Crippen LogP contribution in [0.4, 0.5) is 5.69 Å². The van der Waals surface area contributed by atoms with Crippen LogP contribution in [0.3, 0.4) is 0 Å². The average molecular weight is 364 g/mol. The van der Waals surface area contributed by atoms with Crippen LogP contribution in [-0.2, 0) is 12.8 Å². The molecule has 1 heterocycles. The molecule has 1 saturated heterocycles. The number of hydrogen-bond donors (Lipinski definition) is 1. The van der Waals surface area contributed by atoms with Gasteiger partial charge in [0.15, 0.2) is 5.78 Å². The zero-order valence-corrected chi connectivity index (χ0v) is 16.0. The normalized spacial score (nSPS) is 22.6. The summed E-state index contributed by atoms with van der Waals surface area (Å²) in [7, 11) is 1.67. The fraction of sp³-hybridized carbons (Fsp3) is 0.435. The van der Waals surface area contributed by atoms with Crippen molar-refractivity contribution in [2.75, 3.05) is 25.9 Å². The molecule has 0 aromatic heterocycles.